The first-order valence-electron chi connectivity index (χ1n) is 5.70. The molecule has 0 bridgehead atoms. The van der Waals surface area contributed by atoms with Crippen molar-refractivity contribution < 1.29 is 0 Å². The van der Waals surface area contributed by atoms with Crippen LogP contribution in [0.2, 0.25) is 5.02 Å². The molecular weight excluding hydrogens is 232 g/mol. The van der Waals surface area contributed by atoms with Gasteiger partial charge in [0.15, 0.2) is 0 Å². The van der Waals surface area contributed by atoms with Crippen LogP contribution in [0, 0.1) is 0 Å². The van der Waals surface area contributed by atoms with Gasteiger partial charge in [-0.2, -0.15) is 0 Å². The van der Waals surface area contributed by atoms with E-state index in [0.29, 0.717) is 0 Å². The van der Waals surface area contributed by atoms with E-state index in [-0.39, 0.29) is 0 Å². The number of benzene rings is 1. The van der Waals surface area contributed by atoms with Crippen molar-refractivity contribution in [3.63, 3.8) is 0 Å². The van der Waals surface area contributed by atoms with Crippen LogP contribution in [0.1, 0.15) is 11.3 Å². The molecule has 0 unspecified atom stereocenters. The van der Waals surface area contributed by atoms with Gasteiger partial charge in [-0.05, 0) is 42.8 Å². The van der Waals surface area contributed by atoms with E-state index < -0.39 is 0 Å². The molecule has 0 fully saturated rings. The molecule has 2 aromatic rings. The Kier molecular flexibility index (Phi) is 4.54. The molecule has 17 heavy (non-hydrogen) atoms. The predicted molar refractivity (Wildman–Crippen MR) is 71.1 cm³/mol. The van der Waals surface area contributed by atoms with Crippen LogP contribution in [0.25, 0.3) is 0 Å². The molecule has 0 aliphatic rings. The Morgan fingerprint density at radius 1 is 1.12 bits per heavy atom. The average Bonchev–Trinajstić information content (AvgIpc) is 2.36. The molecule has 88 valence electrons. The fraction of sp³-hybridized carbons (Fsp3) is 0.214. The van der Waals surface area contributed by atoms with E-state index in [0.717, 1.165) is 30.2 Å². The summed E-state index contributed by atoms with van der Waals surface area (Å²) in [5.41, 5.74) is 2.32. The van der Waals surface area contributed by atoms with Crippen molar-refractivity contribution in [1.82, 2.24) is 10.3 Å². The molecule has 1 N–H and O–H groups in total. The molecule has 0 aliphatic heterocycles. The normalized spacial score (nSPS) is 10.4. The molecule has 0 radical (unpaired) electrons. The lowest BCUT2D eigenvalue weighted by Crippen LogP contribution is -2.17. The van der Waals surface area contributed by atoms with E-state index in [9.17, 15) is 0 Å². The van der Waals surface area contributed by atoms with Crippen LogP contribution in [-0.2, 0) is 13.0 Å². The van der Waals surface area contributed by atoms with Crippen LogP contribution in [0.5, 0.6) is 0 Å². The Hall–Kier alpha value is -1.38. The summed E-state index contributed by atoms with van der Waals surface area (Å²) < 4.78 is 0. The lowest BCUT2D eigenvalue weighted by molar-refractivity contribution is 0.675. The number of nitrogens with one attached hydrogen (secondary N) is 1. The number of nitrogens with zero attached hydrogens (tertiary/aromatic N) is 1. The van der Waals surface area contributed by atoms with Gasteiger partial charge in [0.1, 0.15) is 0 Å². The predicted octanol–water partition coefficient (Wildman–Crippen LogP) is 3.07. The smallest absolute Gasteiger partial charge is 0.0541 e. The van der Waals surface area contributed by atoms with Gasteiger partial charge in [-0.25, -0.2) is 0 Å². The lowest BCUT2D eigenvalue weighted by atomic mass is 10.1. The molecule has 1 aromatic carbocycles. The monoisotopic (exact) mass is 246 g/mol. The van der Waals surface area contributed by atoms with Crippen molar-refractivity contribution >= 4 is 11.6 Å². The molecule has 0 spiro atoms. The summed E-state index contributed by atoms with van der Waals surface area (Å²) in [5, 5.41) is 4.16. The largest absolute Gasteiger partial charge is 0.311 e. The van der Waals surface area contributed by atoms with Crippen LogP contribution < -0.4 is 5.32 Å². The van der Waals surface area contributed by atoms with Crippen LogP contribution in [0.15, 0.2) is 48.7 Å². The number of hydrogen-bond acceptors (Lipinski definition) is 2. The highest BCUT2D eigenvalue weighted by Gasteiger charge is 1.95. The summed E-state index contributed by atoms with van der Waals surface area (Å²) in [7, 11) is 0. The third-order valence-corrected chi connectivity index (χ3v) is 2.75. The summed E-state index contributed by atoms with van der Waals surface area (Å²) in [6.45, 7) is 1.73. The second kappa shape index (κ2) is 6.38. The second-order valence-electron chi connectivity index (χ2n) is 3.88. The molecule has 2 nitrogen and oxygen atoms in total. The highest BCUT2D eigenvalue weighted by molar-refractivity contribution is 6.30. The van der Waals surface area contributed by atoms with Crippen molar-refractivity contribution in [3.05, 3.63) is 64.9 Å². The average molecular weight is 247 g/mol. The maximum atomic E-state index is 5.92. The molecular formula is C14H15ClN2. The molecule has 0 saturated heterocycles. The molecule has 0 saturated carbocycles. The molecule has 0 atom stereocenters. The van der Waals surface area contributed by atoms with Gasteiger partial charge in [-0.1, -0.05) is 29.8 Å². The topological polar surface area (TPSA) is 24.9 Å². The number of rotatable bonds is 5. The zero-order valence-electron chi connectivity index (χ0n) is 9.57. The van der Waals surface area contributed by atoms with E-state index in [1.165, 1.54) is 5.56 Å². The second-order valence-corrected chi connectivity index (χ2v) is 4.31. The first kappa shape index (κ1) is 12.1. The van der Waals surface area contributed by atoms with Crippen LogP contribution in [-0.4, -0.2) is 11.5 Å². The summed E-state index contributed by atoms with van der Waals surface area (Å²) >= 11 is 5.92. The quantitative estimate of drug-likeness (QED) is 0.821. The Morgan fingerprint density at radius 2 is 2.06 bits per heavy atom. The van der Waals surface area contributed by atoms with Crippen molar-refractivity contribution in [2.75, 3.05) is 6.54 Å². The van der Waals surface area contributed by atoms with Gasteiger partial charge in [0.25, 0.3) is 0 Å². The van der Waals surface area contributed by atoms with Crippen molar-refractivity contribution in [2.45, 2.75) is 13.0 Å². The van der Waals surface area contributed by atoms with Crippen LogP contribution in [0.3, 0.4) is 0 Å². The molecule has 3 heteroatoms. The van der Waals surface area contributed by atoms with Gasteiger partial charge in [0, 0.05) is 17.8 Å². The first-order chi connectivity index (χ1) is 8.34. The maximum Gasteiger partial charge on any atom is 0.0541 e. The Balaban J connectivity index is 1.73. The van der Waals surface area contributed by atoms with E-state index in [1.807, 2.05) is 42.6 Å². The van der Waals surface area contributed by atoms with E-state index in [2.05, 4.69) is 16.4 Å². The van der Waals surface area contributed by atoms with Gasteiger partial charge in [-0.3, -0.25) is 4.98 Å². The number of halogens is 1. The summed E-state index contributed by atoms with van der Waals surface area (Å²) in [4.78, 5) is 4.25. The molecule has 0 aliphatic carbocycles. The third kappa shape index (κ3) is 4.17. The van der Waals surface area contributed by atoms with Crippen LogP contribution >= 0.6 is 11.6 Å². The molecule has 0 amide bonds. The SMILES string of the molecule is Clc1cccc(CCNCc2ccccn2)c1. The summed E-state index contributed by atoms with van der Waals surface area (Å²) in [6.07, 6.45) is 2.79. The van der Waals surface area contributed by atoms with Crippen LogP contribution in [0.4, 0.5) is 0 Å². The zero-order chi connectivity index (χ0) is 11.9. The molecule has 1 aromatic heterocycles. The van der Waals surface area contributed by atoms with Gasteiger partial charge >= 0.3 is 0 Å². The number of pyridine rings is 1. The maximum absolute atomic E-state index is 5.92. The van der Waals surface area contributed by atoms with Crippen molar-refractivity contribution in [2.24, 2.45) is 0 Å². The van der Waals surface area contributed by atoms with Crippen molar-refractivity contribution in [1.29, 1.82) is 0 Å². The van der Waals surface area contributed by atoms with Gasteiger partial charge < -0.3 is 5.32 Å². The first-order valence-corrected chi connectivity index (χ1v) is 6.07. The Bertz CT molecular complexity index is 457. The summed E-state index contributed by atoms with van der Waals surface area (Å²) in [5.74, 6) is 0. The van der Waals surface area contributed by atoms with Gasteiger partial charge in [0.05, 0.1) is 5.69 Å². The number of hydrogen-bond donors (Lipinski definition) is 1. The zero-order valence-corrected chi connectivity index (χ0v) is 10.3. The van der Waals surface area contributed by atoms with Crippen molar-refractivity contribution in [3.8, 4) is 0 Å². The minimum atomic E-state index is 0.798. The lowest BCUT2D eigenvalue weighted by Gasteiger charge is -2.04. The minimum Gasteiger partial charge on any atom is -0.311 e. The van der Waals surface area contributed by atoms with E-state index >= 15 is 0 Å². The minimum absolute atomic E-state index is 0.798. The number of aromatic nitrogens is 1. The van der Waals surface area contributed by atoms with E-state index in [4.69, 9.17) is 11.6 Å². The van der Waals surface area contributed by atoms with E-state index in [1.54, 1.807) is 0 Å². The summed E-state index contributed by atoms with van der Waals surface area (Å²) in [6, 6.07) is 13.9. The standard InChI is InChI=1S/C14H15ClN2/c15-13-5-3-4-12(10-13)7-9-16-11-14-6-1-2-8-17-14/h1-6,8,10,16H,7,9,11H2. The molecule has 1 heterocycles. The fourth-order valence-electron chi connectivity index (χ4n) is 1.64. The molecule has 2 rings (SSSR count). The van der Waals surface area contributed by atoms with Gasteiger partial charge in [-0.15, -0.1) is 0 Å². The fourth-order valence-corrected chi connectivity index (χ4v) is 1.86. The Labute approximate surface area is 107 Å². The third-order valence-electron chi connectivity index (χ3n) is 2.51. The van der Waals surface area contributed by atoms with Gasteiger partial charge in [0.2, 0.25) is 0 Å². The highest BCUT2D eigenvalue weighted by Crippen LogP contribution is 2.10. The Morgan fingerprint density at radius 3 is 2.82 bits per heavy atom. The highest BCUT2D eigenvalue weighted by atomic mass is 35.5.